The Kier molecular flexibility index (Phi) is 9.12. The Labute approximate surface area is 186 Å². The van der Waals surface area contributed by atoms with Gasteiger partial charge in [-0.15, -0.1) is 0 Å². The van der Waals surface area contributed by atoms with Crippen LogP contribution in [0.4, 0.5) is 11.4 Å². The Bertz CT molecular complexity index is 843. The molecule has 0 aliphatic heterocycles. The zero-order chi connectivity index (χ0) is 23.0. The Morgan fingerprint density at radius 1 is 1.03 bits per heavy atom. The number of rotatable bonds is 11. The number of nitrogens with one attached hydrogen (secondary N) is 1. The summed E-state index contributed by atoms with van der Waals surface area (Å²) in [5, 5.41) is 2.89. The fourth-order valence-electron chi connectivity index (χ4n) is 3.52. The van der Waals surface area contributed by atoms with Crippen LogP contribution in [0, 0.1) is 5.92 Å². The molecule has 0 saturated carbocycles. The van der Waals surface area contributed by atoms with Gasteiger partial charge < -0.3 is 24.4 Å². The summed E-state index contributed by atoms with van der Waals surface area (Å²) in [7, 11) is 7.98. The largest absolute Gasteiger partial charge is 0.459 e. The Morgan fingerprint density at radius 3 is 2.29 bits per heavy atom. The maximum atomic E-state index is 13.2. The highest BCUT2D eigenvalue weighted by molar-refractivity contribution is 6.02. The Morgan fingerprint density at radius 2 is 1.74 bits per heavy atom. The summed E-state index contributed by atoms with van der Waals surface area (Å²) in [4.78, 5) is 31.7. The van der Waals surface area contributed by atoms with Gasteiger partial charge in [0.1, 0.15) is 0 Å². The van der Waals surface area contributed by atoms with Crippen LogP contribution in [0.1, 0.15) is 42.8 Å². The third kappa shape index (κ3) is 6.85. The molecule has 0 saturated heterocycles. The molecule has 170 valence electrons. The molecule has 7 heteroatoms. The minimum absolute atomic E-state index is 0.0202. The second kappa shape index (κ2) is 11.6. The highest BCUT2D eigenvalue weighted by Gasteiger charge is 2.23. The van der Waals surface area contributed by atoms with Gasteiger partial charge in [0, 0.05) is 51.0 Å². The van der Waals surface area contributed by atoms with Crippen LogP contribution < -0.4 is 10.2 Å². The van der Waals surface area contributed by atoms with E-state index in [1.54, 1.807) is 12.1 Å². The second-order valence-corrected chi connectivity index (χ2v) is 8.25. The molecule has 0 fully saturated rings. The van der Waals surface area contributed by atoms with Crippen LogP contribution in [-0.4, -0.2) is 62.9 Å². The highest BCUT2D eigenvalue weighted by Crippen LogP contribution is 2.26. The first-order valence-electron chi connectivity index (χ1n) is 10.8. The Balaban J connectivity index is 2.31. The lowest BCUT2D eigenvalue weighted by Gasteiger charge is -2.30. The number of carbonyl (C=O) groups is 2. The highest BCUT2D eigenvalue weighted by atomic mass is 16.3. The molecule has 31 heavy (non-hydrogen) atoms. The molecule has 0 aliphatic carbocycles. The number of amides is 2. The van der Waals surface area contributed by atoms with Gasteiger partial charge in [-0.25, -0.2) is 0 Å². The number of benzene rings is 1. The smallest absolute Gasteiger partial charge is 0.291 e. The SMILES string of the molecule is CCC(CC)C(=O)N(CCN(C)C)Cc1cc(NC(=O)c2ccco2)ccc1N(C)C. The third-order valence-electron chi connectivity index (χ3n) is 5.39. The second-order valence-electron chi connectivity index (χ2n) is 8.25. The first-order valence-corrected chi connectivity index (χ1v) is 10.8. The first-order chi connectivity index (χ1) is 14.8. The molecule has 0 bridgehead atoms. The lowest BCUT2D eigenvalue weighted by Crippen LogP contribution is -2.39. The summed E-state index contributed by atoms with van der Waals surface area (Å²) in [5.41, 5.74) is 2.67. The summed E-state index contributed by atoms with van der Waals surface area (Å²) >= 11 is 0. The van der Waals surface area contributed by atoms with E-state index in [9.17, 15) is 9.59 Å². The number of likely N-dealkylation sites (N-methyl/N-ethyl adjacent to an activating group) is 1. The van der Waals surface area contributed by atoms with E-state index in [1.807, 2.05) is 56.2 Å². The van der Waals surface area contributed by atoms with E-state index in [0.29, 0.717) is 18.8 Å². The molecule has 0 aliphatic rings. The Hall–Kier alpha value is -2.80. The van der Waals surface area contributed by atoms with Crippen LogP contribution in [0.15, 0.2) is 41.0 Å². The average molecular weight is 429 g/mol. The fraction of sp³-hybridized carbons (Fsp3) is 0.500. The van der Waals surface area contributed by atoms with Crippen molar-refractivity contribution in [2.24, 2.45) is 5.92 Å². The summed E-state index contributed by atoms with van der Waals surface area (Å²) in [5.74, 6) is 0.161. The zero-order valence-corrected chi connectivity index (χ0v) is 19.6. The van der Waals surface area contributed by atoms with Gasteiger partial charge in [0.2, 0.25) is 5.91 Å². The number of hydrogen-bond acceptors (Lipinski definition) is 5. The topological polar surface area (TPSA) is 69.0 Å². The minimum atomic E-state index is -0.300. The number of nitrogens with zero attached hydrogens (tertiary/aromatic N) is 3. The van der Waals surface area contributed by atoms with Crippen molar-refractivity contribution in [1.82, 2.24) is 9.80 Å². The molecular formula is C24H36N4O3. The molecule has 1 aromatic heterocycles. The molecule has 0 radical (unpaired) electrons. The van der Waals surface area contributed by atoms with Gasteiger partial charge in [-0.3, -0.25) is 9.59 Å². The van der Waals surface area contributed by atoms with Gasteiger partial charge in [0.25, 0.3) is 5.91 Å². The van der Waals surface area contributed by atoms with Gasteiger partial charge in [-0.2, -0.15) is 0 Å². The van der Waals surface area contributed by atoms with Crippen molar-refractivity contribution in [2.75, 3.05) is 51.5 Å². The van der Waals surface area contributed by atoms with E-state index in [2.05, 4.69) is 24.1 Å². The third-order valence-corrected chi connectivity index (χ3v) is 5.39. The lowest BCUT2D eigenvalue weighted by molar-refractivity contribution is -0.136. The van der Waals surface area contributed by atoms with Crippen molar-refractivity contribution in [3.05, 3.63) is 47.9 Å². The van der Waals surface area contributed by atoms with Crippen molar-refractivity contribution < 1.29 is 14.0 Å². The van der Waals surface area contributed by atoms with Crippen LogP contribution in [0.25, 0.3) is 0 Å². The summed E-state index contributed by atoms with van der Waals surface area (Å²) in [6.45, 7) is 6.05. The standard InChI is InChI=1S/C24H36N4O3/c1-7-18(8-2)24(30)28(14-13-26(3)4)17-19-16-20(11-12-21(19)27(5)6)25-23(29)22-10-9-15-31-22/h9-12,15-16,18H,7-8,13-14,17H2,1-6H3,(H,25,29). The maximum Gasteiger partial charge on any atom is 0.291 e. The molecule has 0 unspecified atom stereocenters. The van der Waals surface area contributed by atoms with Crippen molar-refractivity contribution in [3.63, 3.8) is 0 Å². The van der Waals surface area contributed by atoms with E-state index in [1.165, 1.54) is 6.26 Å². The molecular weight excluding hydrogens is 392 g/mol. The predicted molar refractivity (Wildman–Crippen MR) is 125 cm³/mol. The van der Waals surface area contributed by atoms with E-state index in [4.69, 9.17) is 4.42 Å². The molecule has 0 atom stereocenters. The van der Waals surface area contributed by atoms with Crippen LogP contribution in [-0.2, 0) is 11.3 Å². The van der Waals surface area contributed by atoms with E-state index in [-0.39, 0.29) is 23.5 Å². The fourth-order valence-corrected chi connectivity index (χ4v) is 3.52. The number of furan rings is 1. The molecule has 0 spiro atoms. The quantitative estimate of drug-likeness (QED) is 0.587. The summed E-state index contributed by atoms with van der Waals surface area (Å²) in [6.07, 6.45) is 3.13. The van der Waals surface area contributed by atoms with Crippen molar-refractivity contribution in [3.8, 4) is 0 Å². The van der Waals surface area contributed by atoms with Gasteiger partial charge in [-0.1, -0.05) is 13.8 Å². The molecule has 2 aromatic rings. The van der Waals surface area contributed by atoms with E-state index < -0.39 is 0 Å². The van der Waals surface area contributed by atoms with Crippen LogP contribution in [0.5, 0.6) is 0 Å². The summed E-state index contributed by atoms with van der Waals surface area (Å²) in [6, 6.07) is 9.09. The van der Waals surface area contributed by atoms with Crippen LogP contribution >= 0.6 is 0 Å². The molecule has 2 amide bonds. The monoisotopic (exact) mass is 428 g/mol. The van der Waals surface area contributed by atoms with Crippen LogP contribution in [0.3, 0.4) is 0 Å². The van der Waals surface area contributed by atoms with E-state index in [0.717, 1.165) is 30.6 Å². The number of carbonyl (C=O) groups excluding carboxylic acids is 2. The predicted octanol–water partition coefficient (Wildman–Crippen LogP) is 3.92. The van der Waals surface area contributed by atoms with Crippen molar-refractivity contribution in [1.29, 1.82) is 0 Å². The van der Waals surface area contributed by atoms with Gasteiger partial charge in [0.05, 0.1) is 6.26 Å². The molecule has 7 nitrogen and oxygen atoms in total. The first kappa shape index (κ1) is 24.5. The van der Waals surface area contributed by atoms with Gasteiger partial charge >= 0.3 is 0 Å². The lowest BCUT2D eigenvalue weighted by atomic mass is 10.0. The van der Waals surface area contributed by atoms with Crippen LogP contribution in [0.2, 0.25) is 0 Å². The minimum Gasteiger partial charge on any atom is -0.459 e. The zero-order valence-electron chi connectivity index (χ0n) is 19.6. The van der Waals surface area contributed by atoms with Crippen molar-refractivity contribution in [2.45, 2.75) is 33.2 Å². The van der Waals surface area contributed by atoms with Crippen molar-refractivity contribution >= 4 is 23.2 Å². The summed E-state index contributed by atoms with van der Waals surface area (Å²) < 4.78 is 5.18. The number of hydrogen-bond donors (Lipinski definition) is 1. The van der Waals surface area contributed by atoms with Gasteiger partial charge in [0.15, 0.2) is 5.76 Å². The normalized spacial score (nSPS) is 11.1. The molecule has 1 aromatic carbocycles. The molecule has 1 heterocycles. The average Bonchev–Trinajstić information content (AvgIpc) is 3.26. The molecule has 1 N–H and O–H groups in total. The molecule has 2 rings (SSSR count). The van der Waals surface area contributed by atoms with Gasteiger partial charge in [-0.05, 0) is 62.8 Å². The maximum absolute atomic E-state index is 13.2. The van der Waals surface area contributed by atoms with E-state index >= 15 is 0 Å². The number of anilines is 2.